The van der Waals surface area contributed by atoms with Crippen LogP contribution in [-0.4, -0.2) is 77.8 Å². The van der Waals surface area contributed by atoms with Gasteiger partial charge in [-0.1, -0.05) is 0 Å². The number of hydrogen-bond acceptors (Lipinski definition) is 6. The van der Waals surface area contributed by atoms with Crippen LogP contribution < -0.4 is 9.47 Å². The van der Waals surface area contributed by atoms with Gasteiger partial charge in [-0.05, 0) is 57.4 Å². The Morgan fingerprint density at radius 1 is 1.15 bits per heavy atom. The van der Waals surface area contributed by atoms with Crippen molar-refractivity contribution in [3.05, 3.63) is 40.7 Å². The van der Waals surface area contributed by atoms with Crippen molar-refractivity contribution in [3.63, 3.8) is 0 Å². The summed E-state index contributed by atoms with van der Waals surface area (Å²) in [6, 6.07) is 5.60. The number of aromatic amines is 1. The summed E-state index contributed by atoms with van der Waals surface area (Å²) < 4.78 is 16.9. The molecule has 1 atom stereocenters. The van der Waals surface area contributed by atoms with E-state index in [4.69, 9.17) is 14.2 Å². The zero-order valence-corrected chi connectivity index (χ0v) is 21.0. The van der Waals surface area contributed by atoms with Crippen molar-refractivity contribution in [2.75, 3.05) is 33.9 Å². The predicted molar refractivity (Wildman–Crippen MR) is 128 cm³/mol. The number of amides is 2. The van der Waals surface area contributed by atoms with Gasteiger partial charge in [0.05, 0.1) is 39.2 Å². The first kappa shape index (κ1) is 25.6. The van der Waals surface area contributed by atoms with E-state index in [2.05, 4.69) is 10.2 Å². The highest BCUT2D eigenvalue weighted by molar-refractivity contribution is 5.85. The zero-order valence-electron chi connectivity index (χ0n) is 21.0. The number of hydrogen-bond donors (Lipinski definition) is 1. The molecule has 1 fully saturated rings. The van der Waals surface area contributed by atoms with Gasteiger partial charge >= 0.3 is 0 Å². The van der Waals surface area contributed by atoms with Crippen molar-refractivity contribution >= 4 is 11.8 Å². The lowest BCUT2D eigenvalue weighted by atomic mass is 10.1. The maximum atomic E-state index is 13.1. The molecule has 1 aliphatic heterocycles. The van der Waals surface area contributed by atoms with Gasteiger partial charge in [-0.3, -0.25) is 14.7 Å². The number of methoxy groups -OCH3 is 2. The minimum absolute atomic E-state index is 0.0156. The van der Waals surface area contributed by atoms with E-state index in [0.717, 1.165) is 22.5 Å². The van der Waals surface area contributed by atoms with Crippen LogP contribution in [0.15, 0.2) is 18.2 Å². The van der Waals surface area contributed by atoms with Crippen molar-refractivity contribution in [1.82, 2.24) is 20.0 Å². The lowest BCUT2D eigenvalue weighted by Gasteiger charge is -2.27. The molecule has 2 aromatic rings. The lowest BCUT2D eigenvalue weighted by molar-refractivity contribution is -0.139. The van der Waals surface area contributed by atoms with Crippen LogP contribution in [-0.2, 0) is 27.4 Å². The van der Waals surface area contributed by atoms with Crippen molar-refractivity contribution in [2.45, 2.75) is 59.3 Å². The molecule has 9 heteroatoms. The topological polar surface area (TPSA) is 97.0 Å². The number of benzene rings is 1. The fourth-order valence-electron chi connectivity index (χ4n) is 4.23. The van der Waals surface area contributed by atoms with Crippen LogP contribution in [0, 0.1) is 13.8 Å². The van der Waals surface area contributed by atoms with E-state index in [-0.39, 0.29) is 30.5 Å². The minimum Gasteiger partial charge on any atom is -0.497 e. The molecule has 2 heterocycles. The van der Waals surface area contributed by atoms with Crippen LogP contribution in [0.2, 0.25) is 0 Å². The Labute approximate surface area is 201 Å². The van der Waals surface area contributed by atoms with Crippen LogP contribution in [0.4, 0.5) is 0 Å². The van der Waals surface area contributed by atoms with E-state index in [1.807, 2.05) is 39.8 Å². The molecule has 1 aliphatic rings. The molecule has 186 valence electrons. The Kier molecular flexibility index (Phi) is 8.55. The van der Waals surface area contributed by atoms with E-state index in [1.54, 1.807) is 30.1 Å². The number of nitrogens with zero attached hydrogens (tertiary/aromatic N) is 3. The van der Waals surface area contributed by atoms with Gasteiger partial charge in [0, 0.05) is 37.3 Å². The standard InChI is InChI=1S/C25H36N4O5/c1-16(2)29-13-22(34-15-19-9-20(32-5)11-21(10-19)33-6)12-28(14-25(29)31)24(30)8-7-23-17(3)26-27-18(23)4/h9-11,16,22H,7-8,12-15H2,1-6H3,(H,26,27). The third-order valence-corrected chi connectivity index (χ3v) is 6.21. The first-order chi connectivity index (χ1) is 16.2. The number of carbonyl (C=O) groups excluding carboxylic acids is 2. The van der Waals surface area contributed by atoms with E-state index in [1.165, 1.54) is 0 Å². The predicted octanol–water partition coefficient (Wildman–Crippen LogP) is 2.64. The van der Waals surface area contributed by atoms with Crippen molar-refractivity contribution in [3.8, 4) is 11.5 Å². The van der Waals surface area contributed by atoms with Gasteiger partial charge in [0.25, 0.3) is 0 Å². The fraction of sp³-hybridized carbons (Fsp3) is 0.560. The summed E-state index contributed by atoms with van der Waals surface area (Å²) in [6.07, 6.45) is 0.587. The van der Waals surface area contributed by atoms with Crippen LogP contribution in [0.5, 0.6) is 11.5 Å². The lowest BCUT2D eigenvalue weighted by Crippen LogP contribution is -2.42. The SMILES string of the molecule is COc1cc(COC2CN(C(=O)CCc3c(C)n[nH]c3C)CC(=O)N(C(C)C)C2)cc(OC)c1. The Morgan fingerprint density at radius 2 is 1.82 bits per heavy atom. The smallest absolute Gasteiger partial charge is 0.242 e. The van der Waals surface area contributed by atoms with Gasteiger partial charge in [0.1, 0.15) is 11.5 Å². The van der Waals surface area contributed by atoms with Crippen LogP contribution in [0.3, 0.4) is 0 Å². The van der Waals surface area contributed by atoms with Gasteiger partial charge < -0.3 is 24.0 Å². The Hall–Kier alpha value is -3.07. The molecule has 0 bridgehead atoms. The highest BCUT2D eigenvalue weighted by Gasteiger charge is 2.32. The average Bonchev–Trinajstić information content (AvgIpc) is 3.03. The van der Waals surface area contributed by atoms with E-state index in [9.17, 15) is 9.59 Å². The Bertz CT molecular complexity index is 961. The van der Waals surface area contributed by atoms with Gasteiger partial charge in [-0.25, -0.2) is 0 Å². The minimum atomic E-state index is -0.313. The number of ether oxygens (including phenoxy) is 3. The average molecular weight is 473 g/mol. The molecule has 1 unspecified atom stereocenters. The molecule has 0 spiro atoms. The highest BCUT2D eigenvalue weighted by Crippen LogP contribution is 2.24. The summed E-state index contributed by atoms with van der Waals surface area (Å²) in [6.45, 7) is 9.00. The molecular formula is C25H36N4O5. The maximum absolute atomic E-state index is 13.1. The molecule has 0 radical (unpaired) electrons. The number of nitrogens with one attached hydrogen (secondary N) is 1. The second-order valence-corrected chi connectivity index (χ2v) is 8.98. The summed E-state index contributed by atoms with van der Waals surface area (Å²) in [4.78, 5) is 29.5. The normalized spacial score (nSPS) is 16.7. The van der Waals surface area contributed by atoms with E-state index < -0.39 is 0 Å². The Balaban J connectivity index is 1.71. The van der Waals surface area contributed by atoms with E-state index >= 15 is 0 Å². The molecule has 1 aromatic heterocycles. The molecule has 1 saturated heterocycles. The Morgan fingerprint density at radius 3 is 2.38 bits per heavy atom. The molecule has 9 nitrogen and oxygen atoms in total. The third kappa shape index (κ3) is 6.28. The molecule has 0 saturated carbocycles. The van der Waals surface area contributed by atoms with Crippen LogP contribution in [0.25, 0.3) is 0 Å². The first-order valence-corrected chi connectivity index (χ1v) is 11.6. The first-order valence-electron chi connectivity index (χ1n) is 11.6. The molecule has 1 aromatic carbocycles. The molecule has 2 amide bonds. The van der Waals surface area contributed by atoms with Crippen molar-refractivity contribution in [1.29, 1.82) is 0 Å². The zero-order chi connectivity index (χ0) is 24.8. The number of aromatic nitrogens is 2. The van der Waals surface area contributed by atoms with Crippen LogP contribution >= 0.6 is 0 Å². The molecule has 0 aliphatic carbocycles. The monoisotopic (exact) mass is 472 g/mol. The fourth-order valence-corrected chi connectivity index (χ4v) is 4.23. The number of H-pyrrole nitrogens is 1. The summed E-state index contributed by atoms with van der Waals surface area (Å²) in [5.74, 6) is 1.24. The summed E-state index contributed by atoms with van der Waals surface area (Å²) in [5, 5.41) is 7.16. The number of aryl methyl sites for hydroxylation is 2. The van der Waals surface area contributed by atoms with Crippen LogP contribution in [0.1, 0.15) is 42.8 Å². The summed E-state index contributed by atoms with van der Waals surface area (Å²) >= 11 is 0. The third-order valence-electron chi connectivity index (χ3n) is 6.21. The summed E-state index contributed by atoms with van der Waals surface area (Å²) in [5.41, 5.74) is 3.82. The largest absolute Gasteiger partial charge is 0.497 e. The molecule has 1 N–H and O–H groups in total. The number of carbonyl (C=O) groups is 2. The van der Waals surface area contributed by atoms with Crippen molar-refractivity contribution in [2.24, 2.45) is 0 Å². The van der Waals surface area contributed by atoms with E-state index in [0.29, 0.717) is 44.0 Å². The quantitative estimate of drug-likeness (QED) is 0.603. The highest BCUT2D eigenvalue weighted by atomic mass is 16.5. The molecule has 34 heavy (non-hydrogen) atoms. The molecule has 3 rings (SSSR count). The summed E-state index contributed by atoms with van der Waals surface area (Å²) in [7, 11) is 3.21. The van der Waals surface area contributed by atoms with Gasteiger partial charge in [-0.15, -0.1) is 0 Å². The molecular weight excluding hydrogens is 436 g/mol. The second-order valence-electron chi connectivity index (χ2n) is 8.98. The van der Waals surface area contributed by atoms with Gasteiger partial charge in [0.15, 0.2) is 0 Å². The van der Waals surface area contributed by atoms with Crippen molar-refractivity contribution < 1.29 is 23.8 Å². The maximum Gasteiger partial charge on any atom is 0.242 e. The second kappa shape index (κ2) is 11.4. The van der Waals surface area contributed by atoms with Gasteiger partial charge in [-0.2, -0.15) is 5.10 Å². The van der Waals surface area contributed by atoms with Gasteiger partial charge in [0.2, 0.25) is 11.8 Å². The number of rotatable bonds is 9.